The van der Waals surface area contributed by atoms with Gasteiger partial charge in [-0.25, -0.2) is 9.97 Å². The molecule has 1 saturated heterocycles. The molecule has 258 valence electrons. The third kappa shape index (κ3) is 9.63. The topological polar surface area (TPSA) is 110 Å². The molecule has 2 aromatic heterocycles. The van der Waals surface area contributed by atoms with Crippen LogP contribution in [0.25, 0.3) is 22.5 Å². The van der Waals surface area contributed by atoms with Gasteiger partial charge < -0.3 is 14.7 Å². The van der Waals surface area contributed by atoms with Crippen molar-refractivity contribution in [3.63, 3.8) is 0 Å². The van der Waals surface area contributed by atoms with Gasteiger partial charge in [0.25, 0.3) is 0 Å². The fourth-order valence-corrected chi connectivity index (χ4v) is 6.89. The number of aliphatic carboxylic acids is 1. The first-order chi connectivity index (χ1) is 23.5. The first-order valence-electron chi connectivity index (χ1n) is 17.3. The van der Waals surface area contributed by atoms with Crippen molar-refractivity contribution in [1.29, 1.82) is 0 Å². The molecule has 1 aliphatic rings. The van der Waals surface area contributed by atoms with E-state index in [0.29, 0.717) is 17.1 Å². The molecular formula is C40H47N3O5S. The van der Waals surface area contributed by atoms with Crippen molar-refractivity contribution in [3.05, 3.63) is 88.4 Å². The van der Waals surface area contributed by atoms with Gasteiger partial charge in [0.2, 0.25) is 5.91 Å². The third-order valence-corrected chi connectivity index (χ3v) is 10.5. The van der Waals surface area contributed by atoms with Crippen LogP contribution in [0.1, 0.15) is 86.3 Å². The van der Waals surface area contributed by atoms with Crippen molar-refractivity contribution in [3.8, 4) is 28.3 Å². The first-order valence-corrected chi connectivity index (χ1v) is 18.1. The summed E-state index contributed by atoms with van der Waals surface area (Å²) in [6, 6.07) is 19.6. The maximum Gasteiger partial charge on any atom is 0.310 e. The van der Waals surface area contributed by atoms with Gasteiger partial charge in [-0.15, -0.1) is 11.3 Å². The Morgan fingerprint density at radius 1 is 0.878 bits per heavy atom. The fraction of sp³-hybridized carbons (Fsp3) is 0.425. The first kappa shape index (κ1) is 35.9. The molecule has 0 aliphatic carbocycles. The van der Waals surface area contributed by atoms with Crippen LogP contribution in [0.15, 0.2) is 73.1 Å². The normalized spacial score (nSPS) is 13.9. The second-order valence-electron chi connectivity index (χ2n) is 14.0. The minimum Gasteiger partial charge on any atom is -0.494 e. The lowest BCUT2D eigenvalue weighted by molar-refractivity contribution is -0.154. The Hall–Kier alpha value is -4.37. The van der Waals surface area contributed by atoms with E-state index in [1.54, 1.807) is 4.90 Å². The Morgan fingerprint density at radius 3 is 2.14 bits per heavy atom. The second-order valence-corrected chi connectivity index (χ2v) is 15.1. The lowest BCUT2D eigenvalue weighted by atomic mass is 9.89. The molecule has 9 heteroatoms. The van der Waals surface area contributed by atoms with Crippen LogP contribution in [0.5, 0.6) is 5.75 Å². The van der Waals surface area contributed by atoms with Gasteiger partial charge in [0, 0.05) is 53.8 Å². The zero-order chi connectivity index (χ0) is 35.0. The number of ketones is 1. The van der Waals surface area contributed by atoms with Crippen molar-refractivity contribution >= 4 is 29.0 Å². The minimum atomic E-state index is -0.901. The summed E-state index contributed by atoms with van der Waals surface area (Å²) in [6.07, 6.45) is 10.1. The molecule has 3 heterocycles. The van der Waals surface area contributed by atoms with Crippen molar-refractivity contribution in [2.75, 3.05) is 19.7 Å². The van der Waals surface area contributed by atoms with Gasteiger partial charge in [0.05, 0.1) is 17.4 Å². The van der Waals surface area contributed by atoms with Crippen LogP contribution in [0.4, 0.5) is 0 Å². The molecule has 2 aromatic carbocycles. The zero-order valence-corrected chi connectivity index (χ0v) is 29.8. The number of carbonyl (C=O) groups is 3. The summed E-state index contributed by atoms with van der Waals surface area (Å²) in [5, 5.41) is 9.32. The number of unbranched alkanes of at least 4 members (excludes halogenated alkanes) is 4. The van der Waals surface area contributed by atoms with Gasteiger partial charge in [0.15, 0.2) is 11.6 Å². The number of benzene rings is 2. The van der Waals surface area contributed by atoms with Crippen molar-refractivity contribution in [1.82, 2.24) is 14.9 Å². The standard InChI is InChI=1S/C40H47N3O5S/c1-5-6-7-8-9-20-48-33-16-14-28(15-17-33)31-23-41-37(42-24-31)29-12-10-27(11-13-29)21-30(38(45)43-25-32(26-43)39(46)47)22-34(44)35-18-19-36(49-35)40(2,3)4/h10-19,23-24,30,32H,5-9,20-22,25-26H2,1-4H3,(H,46,47)/t30-/m1/s1. The number of carboxylic acids is 1. The van der Waals surface area contributed by atoms with E-state index >= 15 is 0 Å². The van der Waals surface area contributed by atoms with E-state index in [1.165, 1.54) is 37.0 Å². The van der Waals surface area contributed by atoms with Gasteiger partial charge in [0.1, 0.15) is 5.75 Å². The van der Waals surface area contributed by atoms with Gasteiger partial charge in [-0.05, 0) is 53.6 Å². The van der Waals surface area contributed by atoms with Gasteiger partial charge in [-0.2, -0.15) is 0 Å². The molecule has 1 aliphatic heterocycles. The highest BCUT2D eigenvalue weighted by Crippen LogP contribution is 2.32. The maximum atomic E-state index is 13.5. The fourth-order valence-electron chi connectivity index (χ4n) is 5.87. The SMILES string of the molecule is CCCCCCCOc1ccc(-c2cnc(-c3ccc(C[C@H](CC(=O)c4ccc(C(C)(C)C)s4)C(=O)N4CC(C(=O)O)C4)cc3)nc2)cc1. The molecule has 5 rings (SSSR count). The number of hydrogen-bond donors (Lipinski definition) is 1. The number of ether oxygens (including phenoxy) is 1. The molecule has 0 radical (unpaired) electrons. The van der Waals surface area contributed by atoms with Gasteiger partial charge in [-0.3, -0.25) is 14.4 Å². The molecular weight excluding hydrogens is 635 g/mol. The molecule has 0 bridgehead atoms. The summed E-state index contributed by atoms with van der Waals surface area (Å²) in [4.78, 5) is 50.8. The molecule has 1 amide bonds. The Labute approximate surface area is 293 Å². The Balaban J connectivity index is 1.21. The van der Waals surface area contributed by atoms with Crippen molar-refractivity contribution in [2.24, 2.45) is 11.8 Å². The number of amides is 1. The molecule has 1 fully saturated rings. The quantitative estimate of drug-likeness (QED) is 0.0933. The van der Waals surface area contributed by atoms with Gasteiger partial charge in [-0.1, -0.05) is 89.8 Å². The highest BCUT2D eigenvalue weighted by atomic mass is 32.1. The number of hydrogen-bond acceptors (Lipinski definition) is 7. The Morgan fingerprint density at radius 2 is 1.53 bits per heavy atom. The minimum absolute atomic E-state index is 0.0651. The molecule has 0 saturated carbocycles. The largest absolute Gasteiger partial charge is 0.494 e. The molecule has 1 N–H and O–H groups in total. The number of Topliss-reactive ketones (excluding diaryl/α,β-unsaturated/α-hetero) is 1. The summed E-state index contributed by atoms with van der Waals surface area (Å²) >= 11 is 1.47. The highest BCUT2D eigenvalue weighted by Gasteiger charge is 2.39. The van der Waals surface area contributed by atoms with Gasteiger partial charge >= 0.3 is 5.97 Å². The van der Waals surface area contributed by atoms with Crippen LogP contribution in [0, 0.1) is 11.8 Å². The van der Waals surface area contributed by atoms with Crippen LogP contribution in [-0.4, -0.2) is 57.3 Å². The Kier molecular flexibility index (Phi) is 12.0. The summed E-state index contributed by atoms with van der Waals surface area (Å²) in [5.74, 6) is -0.841. The zero-order valence-electron chi connectivity index (χ0n) is 29.0. The van der Waals surface area contributed by atoms with E-state index in [0.717, 1.165) is 45.9 Å². The average molecular weight is 682 g/mol. The molecule has 0 spiro atoms. The number of aromatic nitrogens is 2. The van der Waals surface area contributed by atoms with E-state index in [4.69, 9.17) is 4.74 Å². The Bertz CT molecular complexity index is 1700. The number of thiophene rings is 1. The van der Waals surface area contributed by atoms with E-state index in [9.17, 15) is 19.5 Å². The highest BCUT2D eigenvalue weighted by molar-refractivity contribution is 7.14. The number of carbonyl (C=O) groups excluding carboxylic acids is 2. The van der Waals surface area contributed by atoms with E-state index in [2.05, 4.69) is 37.7 Å². The average Bonchev–Trinajstić information content (AvgIpc) is 3.58. The second kappa shape index (κ2) is 16.4. The summed E-state index contributed by atoms with van der Waals surface area (Å²) < 4.78 is 5.89. The molecule has 1 atom stereocenters. The number of rotatable bonds is 16. The van der Waals surface area contributed by atoms with Crippen LogP contribution in [0.3, 0.4) is 0 Å². The molecule has 0 unspecified atom stereocenters. The van der Waals surface area contributed by atoms with Crippen LogP contribution in [-0.2, 0) is 21.4 Å². The number of nitrogens with zero attached hydrogens (tertiary/aromatic N) is 3. The summed E-state index contributed by atoms with van der Waals surface area (Å²) in [6.45, 7) is 9.62. The smallest absolute Gasteiger partial charge is 0.310 e. The predicted molar refractivity (Wildman–Crippen MR) is 194 cm³/mol. The number of carboxylic acid groups (broad SMARTS) is 1. The lowest BCUT2D eigenvalue weighted by Gasteiger charge is -2.38. The van der Waals surface area contributed by atoms with Crippen molar-refractivity contribution < 1.29 is 24.2 Å². The summed E-state index contributed by atoms with van der Waals surface area (Å²) in [7, 11) is 0. The molecule has 49 heavy (non-hydrogen) atoms. The van der Waals surface area contributed by atoms with E-state index < -0.39 is 17.8 Å². The summed E-state index contributed by atoms with van der Waals surface area (Å²) in [5.41, 5.74) is 3.61. The van der Waals surface area contributed by atoms with Crippen LogP contribution < -0.4 is 4.74 Å². The van der Waals surface area contributed by atoms with Crippen molar-refractivity contribution in [2.45, 2.75) is 78.1 Å². The van der Waals surface area contributed by atoms with Crippen LogP contribution in [0.2, 0.25) is 0 Å². The predicted octanol–water partition coefficient (Wildman–Crippen LogP) is 8.49. The van der Waals surface area contributed by atoms with Crippen LogP contribution >= 0.6 is 11.3 Å². The number of likely N-dealkylation sites (tertiary alicyclic amines) is 1. The maximum absolute atomic E-state index is 13.5. The molecule has 8 nitrogen and oxygen atoms in total. The lowest BCUT2D eigenvalue weighted by Crippen LogP contribution is -2.55. The monoisotopic (exact) mass is 681 g/mol. The third-order valence-electron chi connectivity index (χ3n) is 8.99. The van der Waals surface area contributed by atoms with E-state index in [1.807, 2.05) is 73.1 Å². The van der Waals surface area contributed by atoms with E-state index in [-0.39, 0.29) is 36.6 Å². The molecule has 4 aromatic rings.